The van der Waals surface area contributed by atoms with Gasteiger partial charge in [-0.05, 0) is 30.3 Å². The van der Waals surface area contributed by atoms with Crippen molar-refractivity contribution in [2.45, 2.75) is 11.3 Å². The van der Waals surface area contributed by atoms with Crippen LogP contribution in [0.5, 0.6) is 0 Å². The Morgan fingerprint density at radius 3 is 2.74 bits per heavy atom. The molecule has 1 aromatic carbocycles. The second-order valence-corrected chi connectivity index (χ2v) is 6.08. The molecule has 0 atom stereocenters. The first kappa shape index (κ1) is 13.9. The molecule has 2 rings (SSSR count). The van der Waals surface area contributed by atoms with Crippen LogP contribution in [0.3, 0.4) is 0 Å². The van der Waals surface area contributed by atoms with E-state index in [9.17, 15) is 8.42 Å². The summed E-state index contributed by atoms with van der Waals surface area (Å²) in [7, 11) is -3.58. The molecule has 0 spiro atoms. The Balaban J connectivity index is 2.03. The van der Waals surface area contributed by atoms with Gasteiger partial charge in [0.15, 0.2) is 0 Å². The van der Waals surface area contributed by atoms with E-state index in [1.807, 2.05) is 0 Å². The minimum atomic E-state index is -3.58. The van der Waals surface area contributed by atoms with Gasteiger partial charge in [-0.3, -0.25) is 0 Å². The highest BCUT2D eigenvalue weighted by Crippen LogP contribution is 2.22. The average molecular weight is 301 g/mol. The van der Waals surface area contributed by atoms with Crippen molar-refractivity contribution in [2.75, 3.05) is 12.3 Å². The number of halogens is 1. The SMILES string of the molecule is Nc1cc(S(=O)(=O)NCCc2ccco2)ccc1Cl. The Labute approximate surface area is 116 Å². The molecule has 0 radical (unpaired) electrons. The molecule has 0 saturated carbocycles. The van der Waals surface area contributed by atoms with Crippen molar-refractivity contribution in [3.05, 3.63) is 47.4 Å². The zero-order valence-corrected chi connectivity index (χ0v) is 11.5. The van der Waals surface area contributed by atoms with Gasteiger partial charge in [-0.2, -0.15) is 0 Å². The van der Waals surface area contributed by atoms with Gasteiger partial charge in [-0.1, -0.05) is 11.6 Å². The van der Waals surface area contributed by atoms with Crippen LogP contribution in [0.25, 0.3) is 0 Å². The smallest absolute Gasteiger partial charge is 0.240 e. The molecule has 0 amide bonds. The molecule has 7 heteroatoms. The van der Waals surface area contributed by atoms with Gasteiger partial charge in [0.05, 0.1) is 21.9 Å². The summed E-state index contributed by atoms with van der Waals surface area (Å²) in [5, 5.41) is 0.328. The van der Waals surface area contributed by atoms with Gasteiger partial charge in [0.2, 0.25) is 10.0 Å². The quantitative estimate of drug-likeness (QED) is 0.827. The lowest BCUT2D eigenvalue weighted by Gasteiger charge is -2.07. The lowest BCUT2D eigenvalue weighted by molar-refractivity contribution is 0.506. The number of benzene rings is 1. The van der Waals surface area contributed by atoms with Gasteiger partial charge in [0.25, 0.3) is 0 Å². The van der Waals surface area contributed by atoms with Crippen molar-refractivity contribution in [1.82, 2.24) is 4.72 Å². The summed E-state index contributed by atoms with van der Waals surface area (Å²) in [6.07, 6.45) is 2.03. The number of nitrogens with one attached hydrogen (secondary N) is 1. The molecule has 0 unspecified atom stereocenters. The number of sulfonamides is 1. The molecule has 2 aromatic rings. The van der Waals surface area contributed by atoms with Gasteiger partial charge in [0, 0.05) is 13.0 Å². The Hall–Kier alpha value is -1.50. The summed E-state index contributed by atoms with van der Waals surface area (Å²) in [4.78, 5) is 0.0915. The monoisotopic (exact) mass is 300 g/mol. The van der Waals surface area contributed by atoms with Crippen molar-refractivity contribution in [2.24, 2.45) is 0 Å². The highest BCUT2D eigenvalue weighted by atomic mass is 35.5. The maximum absolute atomic E-state index is 12.0. The molecule has 0 aliphatic heterocycles. The van der Waals surface area contributed by atoms with E-state index in [0.29, 0.717) is 11.4 Å². The average Bonchev–Trinajstić information content (AvgIpc) is 2.85. The van der Waals surface area contributed by atoms with E-state index < -0.39 is 10.0 Å². The summed E-state index contributed by atoms with van der Waals surface area (Å²) in [6.45, 7) is 0.248. The van der Waals surface area contributed by atoms with Gasteiger partial charge in [-0.25, -0.2) is 13.1 Å². The van der Waals surface area contributed by atoms with E-state index >= 15 is 0 Å². The molecule has 1 aromatic heterocycles. The number of nitrogen functional groups attached to an aromatic ring is 1. The number of hydrogen-bond donors (Lipinski definition) is 2. The lowest BCUT2D eigenvalue weighted by Crippen LogP contribution is -2.26. The lowest BCUT2D eigenvalue weighted by atomic mass is 10.3. The molecule has 1 heterocycles. The second kappa shape index (κ2) is 5.64. The van der Waals surface area contributed by atoms with Crippen LogP contribution < -0.4 is 10.5 Å². The molecule has 102 valence electrons. The van der Waals surface area contributed by atoms with Crippen molar-refractivity contribution in [3.8, 4) is 0 Å². The first-order chi connectivity index (χ1) is 8.99. The second-order valence-electron chi connectivity index (χ2n) is 3.91. The summed E-state index contributed by atoms with van der Waals surface area (Å²) < 4.78 is 31.6. The molecule has 5 nitrogen and oxygen atoms in total. The van der Waals surface area contributed by atoms with Crippen LogP contribution in [-0.4, -0.2) is 15.0 Å². The molecular weight excluding hydrogens is 288 g/mol. The van der Waals surface area contributed by atoms with Crippen molar-refractivity contribution in [3.63, 3.8) is 0 Å². The first-order valence-corrected chi connectivity index (χ1v) is 7.42. The normalized spacial score (nSPS) is 11.6. The molecule has 0 bridgehead atoms. The topological polar surface area (TPSA) is 85.3 Å². The molecule has 3 N–H and O–H groups in total. The van der Waals surface area contributed by atoms with Crippen LogP contribution in [0.1, 0.15) is 5.76 Å². The zero-order valence-electron chi connectivity index (χ0n) is 9.97. The van der Waals surface area contributed by atoms with E-state index in [1.165, 1.54) is 18.2 Å². The van der Waals surface area contributed by atoms with Gasteiger partial charge in [-0.15, -0.1) is 0 Å². The number of nitrogens with two attached hydrogens (primary N) is 1. The maximum atomic E-state index is 12.0. The molecule has 0 aliphatic carbocycles. The minimum Gasteiger partial charge on any atom is -0.469 e. The number of anilines is 1. The van der Waals surface area contributed by atoms with Crippen molar-refractivity contribution >= 4 is 27.3 Å². The van der Waals surface area contributed by atoms with Crippen LogP contribution >= 0.6 is 11.6 Å². The van der Waals surface area contributed by atoms with E-state index in [1.54, 1.807) is 18.4 Å². The molecule has 0 saturated heterocycles. The fourth-order valence-electron chi connectivity index (χ4n) is 1.54. The highest BCUT2D eigenvalue weighted by Gasteiger charge is 2.14. The number of hydrogen-bond acceptors (Lipinski definition) is 4. The Kier molecular flexibility index (Phi) is 4.14. The standard InChI is InChI=1S/C12H13ClN2O3S/c13-11-4-3-10(8-12(11)14)19(16,17)15-6-5-9-2-1-7-18-9/h1-4,7-8,15H,5-6,14H2. The Morgan fingerprint density at radius 1 is 1.32 bits per heavy atom. The van der Waals surface area contributed by atoms with Crippen LogP contribution in [0.2, 0.25) is 5.02 Å². The van der Waals surface area contributed by atoms with Gasteiger partial charge in [0.1, 0.15) is 5.76 Å². The molecular formula is C12H13ClN2O3S. The Morgan fingerprint density at radius 2 is 2.11 bits per heavy atom. The third-order valence-corrected chi connectivity index (χ3v) is 4.32. The summed E-state index contributed by atoms with van der Waals surface area (Å²) in [5.41, 5.74) is 5.82. The van der Waals surface area contributed by atoms with Crippen LogP contribution in [0.15, 0.2) is 45.9 Å². The third kappa shape index (κ3) is 3.50. The first-order valence-electron chi connectivity index (χ1n) is 5.56. The fourth-order valence-corrected chi connectivity index (χ4v) is 2.72. The van der Waals surface area contributed by atoms with Crippen LogP contribution in [0, 0.1) is 0 Å². The van der Waals surface area contributed by atoms with Crippen LogP contribution in [0.4, 0.5) is 5.69 Å². The maximum Gasteiger partial charge on any atom is 0.240 e. The summed E-state index contributed by atoms with van der Waals surface area (Å²) in [5.74, 6) is 0.721. The molecule has 19 heavy (non-hydrogen) atoms. The van der Waals surface area contributed by atoms with Gasteiger partial charge >= 0.3 is 0 Å². The summed E-state index contributed by atoms with van der Waals surface area (Å²) >= 11 is 5.75. The Bertz CT molecular complexity index is 654. The highest BCUT2D eigenvalue weighted by molar-refractivity contribution is 7.89. The number of rotatable bonds is 5. The van der Waals surface area contributed by atoms with Crippen LogP contribution in [-0.2, 0) is 16.4 Å². The van der Waals surface area contributed by atoms with E-state index in [2.05, 4.69) is 4.72 Å². The zero-order chi connectivity index (χ0) is 13.9. The number of furan rings is 1. The molecule has 0 aliphatic rings. The van der Waals surface area contributed by atoms with Crippen molar-refractivity contribution < 1.29 is 12.8 Å². The largest absolute Gasteiger partial charge is 0.469 e. The third-order valence-electron chi connectivity index (χ3n) is 2.52. The molecule has 0 fully saturated rings. The van der Waals surface area contributed by atoms with E-state index in [4.69, 9.17) is 21.8 Å². The van der Waals surface area contributed by atoms with E-state index in [0.717, 1.165) is 5.76 Å². The van der Waals surface area contributed by atoms with Crippen molar-refractivity contribution in [1.29, 1.82) is 0 Å². The van der Waals surface area contributed by atoms with E-state index in [-0.39, 0.29) is 17.1 Å². The minimum absolute atomic E-state index is 0.0915. The summed E-state index contributed by atoms with van der Waals surface area (Å²) in [6, 6.07) is 7.74. The predicted molar refractivity (Wildman–Crippen MR) is 73.5 cm³/mol. The predicted octanol–water partition coefficient (Wildman–Crippen LogP) is 2.04. The van der Waals surface area contributed by atoms with Gasteiger partial charge < -0.3 is 10.2 Å². The fraction of sp³-hybridized carbons (Fsp3) is 0.167.